The van der Waals surface area contributed by atoms with Crippen molar-refractivity contribution < 1.29 is 28.8 Å². The molecule has 0 aromatic rings. The number of unbranched alkanes of at least 4 members (excludes halogenated alkanes) is 2. The van der Waals surface area contributed by atoms with E-state index in [4.69, 9.17) is 0 Å². The lowest BCUT2D eigenvalue weighted by Crippen LogP contribution is -2.61. The lowest BCUT2D eigenvalue weighted by molar-refractivity contribution is -0.144. The highest BCUT2D eigenvalue weighted by Gasteiger charge is 2.46. The topological polar surface area (TPSA) is 157 Å². The second kappa shape index (κ2) is 20.7. The summed E-state index contributed by atoms with van der Waals surface area (Å²) in [5.74, 6) is -2.07. The van der Waals surface area contributed by atoms with Crippen LogP contribution in [0, 0.1) is 23.2 Å². The second-order valence-electron chi connectivity index (χ2n) is 16.8. The first-order chi connectivity index (χ1) is 24.7. The Labute approximate surface area is 312 Å². The summed E-state index contributed by atoms with van der Waals surface area (Å²) in [6.45, 7) is 17.4. The van der Waals surface area contributed by atoms with Crippen molar-refractivity contribution in [3.63, 3.8) is 0 Å². The van der Waals surface area contributed by atoms with Crippen molar-refractivity contribution in [3.8, 4) is 0 Å². The highest BCUT2D eigenvalue weighted by Crippen LogP contribution is 2.34. The highest BCUT2D eigenvalue weighted by molar-refractivity contribution is 6.38. The SMILES string of the molecule is C=CCNC(=O)C(=O)C(CCCCC)NC(=O)[C@@H]1[C@@H](CC(C)C)CCN1C(=O)[C@@H](NC(=O)N[C@H](CN1CCCCC1=O)C(C)(C)C)C1CCCCC1. The highest BCUT2D eigenvalue weighted by atomic mass is 16.2. The number of hydrogen-bond acceptors (Lipinski definition) is 6. The monoisotopic (exact) mass is 729 g/mol. The summed E-state index contributed by atoms with van der Waals surface area (Å²) in [7, 11) is 0. The number of hydrogen-bond donors (Lipinski definition) is 4. The van der Waals surface area contributed by atoms with E-state index in [-0.39, 0.29) is 47.6 Å². The van der Waals surface area contributed by atoms with Crippen molar-refractivity contribution in [2.75, 3.05) is 26.2 Å². The smallest absolute Gasteiger partial charge is 0.315 e. The number of nitrogens with one attached hydrogen (secondary N) is 4. The third-order valence-corrected chi connectivity index (χ3v) is 11.1. The second-order valence-corrected chi connectivity index (χ2v) is 16.8. The summed E-state index contributed by atoms with van der Waals surface area (Å²) in [6.07, 6.45) is 12.4. The maximum absolute atomic E-state index is 14.7. The molecule has 1 saturated carbocycles. The molecule has 2 saturated heterocycles. The van der Waals surface area contributed by atoms with Gasteiger partial charge in [-0.3, -0.25) is 24.0 Å². The number of rotatable bonds is 18. The molecule has 1 aliphatic carbocycles. The summed E-state index contributed by atoms with van der Waals surface area (Å²) >= 11 is 0. The van der Waals surface area contributed by atoms with E-state index in [9.17, 15) is 28.8 Å². The van der Waals surface area contributed by atoms with Gasteiger partial charge < -0.3 is 31.1 Å². The molecule has 3 rings (SSSR count). The van der Waals surface area contributed by atoms with Crippen molar-refractivity contribution in [3.05, 3.63) is 12.7 Å². The number of urea groups is 1. The van der Waals surface area contributed by atoms with Crippen molar-refractivity contribution in [2.24, 2.45) is 23.2 Å². The van der Waals surface area contributed by atoms with Crippen molar-refractivity contribution in [1.29, 1.82) is 0 Å². The van der Waals surface area contributed by atoms with Gasteiger partial charge in [0.2, 0.25) is 23.5 Å². The number of carbonyl (C=O) groups is 6. The van der Waals surface area contributed by atoms with Gasteiger partial charge in [-0.2, -0.15) is 0 Å². The Kier molecular flexibility index (Phi) is 17.1. The molecule has 4 N–H and O–H groups in total. The Balaban J connectivity index is 1.87. The van der Waals surface area contributed by atoms with E-state index in [0.29, 0.717) is 51.7 Å². The quantitative estimate of drug-likeness (QED) is 0.0898. The third kappa shape index (κ3) is 12.6. The van der Waals surface area contributed by atoms with Gasteiger partial charge in [-0.15, -0.1) is 6.58 Å². The number of ketones is 1. The maximum atomic E-state index is 14.7. The third-order valence-electron chi connectivity index (χ3n) is 11.1. The molecule has 2 aliphatic heterocycles. The Hall–Kier alpha value is -3.44. The summed E-state index contributed by atoms with van der Waals surface area (Å²) in [4.78, 5) is 85.0. The molecule has 12 nitrogen and oxygen atoms in total. The van der Waals surface area contributed by atoms with Crippen LogP contribution in [0.5, 0.6) is 0 Å². The van der Waals surface area contributed by atoms with Crippen LogP contribution < -0.4 is 21.3 Å². The number of likely N-dealkylation sites (tertiary alicyclic amines) is 2. The summed E-state index contributed by atoms with van der Waals surface area (Å²) in [5, 5.41) is 11.6. The van der Waals surface area contributed by atoms with Gasteiger partial charge in [-0.05, 0) is 68.1 Å². The fourth-order valence-corrected chi connectivity index (χ4v) is 8.03. The van der Waals surface area contributed by atoms with Crippen LogP contribution in [0.2, 0.25) is 0 Å². The molecule has 2 heterocycles. The Morgan fingerprint density at radius 1 is 0.923 bits per heavy atom. The van der Waals surface area contributed by atoms with Gasteiger partial charge in [-0.25, -0.2) is 4.79 Å². The van der Waals surface area contributed by atoms with E-state index in [1.807, 2.05) is 32.6 Å². The molecule has 5 atom stereocenters. The summed E-state index contributed by atoms with van der Waals surface area (Å²) in [5.41, 5.74) is -0.352. The Bertz CT molecular complexity index is 1240. The first-order valence-electron chi connectivity index (χ1n) is 20.1. The van der Waals surface area contributed by atoms with Crippen LogP contribution in [0.25, 0.3) is 0 Å². The van der Waals surface area contributed by atoms with Gasteiger partial charge >= 0.3 is 6.03 Å². The van der Waals surface area contributed by atoms with Gasteiger partial charge in [0.25, 0.3) is 5.91 Å². The summed E-state index contributed by atoms with van der Waals surface area (Å²) in [6, 6.07) is -3.49. The first kappa shape index (κ1) is 43.0. The standard InChI is InChI=1S/C40H68N6O6/c1-8-10-12-19-30(35(48)37(50)41-22-9-2)42-36(49)34-29(25-27(3)4)21-24-46(34)38(51)33(28-17-13-11-14-18-28)44-39(52)43-31(40(5,6)7)26-45-23-16-15-20-32(45)47/h9,27-31,33-34H,2,8,10-26H2,1,3-7H3,(H,41,50)(H,42,49)(H2,43,44,52)/t29-,30?,31-,33+,34+/m1/s1. The number of carbonyl (C=O) groups excluding carboxylic acids is 6. The predicted molar refractivity (Wildman–Crippen MR) is 203 cm³/mol. The van der Waals surface area contributed by atoms with Crippen LogP contribution in [0.3, 0.4) is 0 Å². The average Bonchev–Trinajstić information content (AvgIpc) is 3.52. The van der Waals surface area contributed by atoms with E-state index < -0.39 is 41.8 Å². The Morgan fingerprint density at radius 2 is 1.63 bits per heavy atom. The van der Waals surface area contributed by atoms with E-state index in [1.54, 1.807) is 4.90 Å². The van der Waals surface area contributed by atoms with E-state index in [2.05, 4.69) is 41.7 Å². The number of amides is 6. The van der Waals surface area contributed by atoms with Crippen LogP contribution in [-0.2, 0) is 24.0 Å². The lowest BCUT2D eigenvalue weighted by atomic mass is 9.83. The minimum atomic E-state index is -1.01. The predicted octanol–water partition coefficient (Wildman–Crippen LogP) is 4.86. The molecule has 3 aliphatic rings. The zero-order valence-electron chi connectivity index (χ0n) is 32.9. The largest absolute Gasteiger partial charge is 0.346 e. The fraction of sp³-hybridized carbons (Fsp3) is 0.800. The van der Waals surface area contributed by atoms with Crippen LogP contribution >= 0.6 is 0 Å². The van der Waals surface area contributed by atoms with Crippen LogP contribution in [0.4, 0.5) is 4.79 Å². The van der Waals surface area contributed by atoms with Crippen molar-refractivity contribution in [2.45, 2.75) is 156 Å². The zero-order valence-corrected chi connectivity index (χ0v) is 32.9. The van der Waals surface area contributed by atoms with E-state index >= 15 is 0 Å². The van der Waals surface area contributed by atoms with Gasteiger partial charge in [0, 0.05) is 32.6 Å². The van der Waals surface area contributed by atoms with Crippen LogP contribution in [0.15, 0.2) is 12.7 Å². The molecular formula is C40H68N6O6. The average molecular weight is 729 g/mol. The number of piperidine rings is 1. The molecule has 0 spiro atoms. The maximum Gasteiger partial charge on any atom is 0.315 e. The minimum Gasteiger partial charge on any atom is -0.346 e. The van der Waals surface area contributed by atoms with E-state index in [1.165, 1.54) is 6.08 Å². The van der Waals surface area contributed by atoms with Crippen molar-refractivity contribution in [1.82, 2.24) is 31.1 Å². The van der Waals surface area contributed by atoms with Gasteiger partial charge in [0.15, 0.2) is 0 Å². The molecular weight excluding hydrogens is 660 g/mol. The molecule has 3 fully saturated rings. The van der Waals surface area contributed by atoms with Gasteiger partial charge in [-0.1, -0.05) is 86.1 Å². The zero-order chi connectivity index (χ0) is 38.4. The van der Waals surface area contributed by atoms with Crippen molar-refractivity contribution >= 4 is 35.4 Å². The fourth-order valence-electron chi connectivity index (χ4n) is 8.03. The lowest BCUT2D eigenvalue weighted by Gasteiger charge is -2.39. The van der Waals surface area contributed by atoms with Gasteiger partial charge in [0.1, 0.15) is 12.1 Å². The molecule has 1 unspecified atom stereocenters. The summed E-state index contributed by atoms with van der Waals surface area (Å²) < 4.78 is 0. The Morgan fingerprint density at radius 3 is 2.25 bits per heavy atom. The molecule has 294 valence electrons. The van der Waals surface area contributed by atoms with Gasteiger partial charge in [0.05, 0.1) is 12.1 Å². The number of nitrogens with zero attached hydrogens (tertiary/aromatic N) is 2. The molecule has 0 bridgehead atoms. The molecule has 0 aromatic carbocycles. The van der Waals surface area contributed by atoms with Crippen LogP contribution in [-0.4, -0.2) is 95.6 Å². The molecule has 12 heteroatoms. The molecule has 52 heavy (non-hydrogen) atoms. The molecule has 0 aromatic heterocycles. The van der Waals surface area contributed by atoms with Crippen LogP contribution in [0.1, 0.15) is 131 Å². The number of Topliss-reactive ketones (excluding diaryl/α,β-unsaturated/α-hetero) is 1. The molecule has 6 amide bonds. The normalized spacial score (nSPS) is 21.6. The molecule has 0 radical (unpaired) electrons. The first-order valence-corrected chi connectivity index (χ1v) is 20.1. The van der Waals surface area contributed by atoms with E-state index in [0.717, 1.165) is 57.8 Å². The minimum absolute atomic E-state index is 0.0893.